The number of halogens is 2. The maximum absolute atomic E-state index is 14.5. The van der Waals surface area contributed by atoms with Crippen molar-refractivity contribution in [3.63, 3.8) is 0 Å². The van der Waals surface area contributed by atoms with Gasteiger partial charge in [-0.25, -0.2) is 4.39 Å². The van der Waals surface area contributed by atoms with Crippen LogP contribution >= 0.6 is 11.6 Å². The summed E-state index contributed by atoms with van der Waals surface area (Å²) in [7, 11) is 0. The number of rotatable bonds is 4. The lowest BCUT2D eigenvalue weighted by molar-refractivity contribution is 0.0745. The number of para-hydroxylation sites is 1. The van der Waals surface area contributed by atoms with Gasteiger partial charge >= 0.3 is 0 Å². The van der Waals surface area contributed by atoms with Crippen molar-refractivity contribution >= 4 is 23.5 Å². The second-order valence-electron chi connectivity index (χ2n) is 7.56. The first-order valence-electron chi connectivity index (χ1n) is 10.3. The largest absolute Gasteiger partial charge is 0.360 e. The Balaban J connectivity index is 1.36. The minimum absolute atomic E-state index is 0.0556. The Hall–Kier alpha value is -3.79. The summed E-state index contributed by atoms with van der Waals surface area (Å²) >= 11 is 6.20. The number of benzene rings is 2. The van der Waals surface area contributed by atoms with Gasteiger partial charge in [-0.3, -0.25) is 4.79 Å². The number of hydrogen-bond acceptors (Lipinski definition) is 7. The van der Waals surface area contributed by atoms with Crippen LogP contribution in [0.25, 0.3) is 16.9 Å². The number of hydrogen-bond donors (Lipinski definition) is 0. The van der Waals surface area contributed by atoms with Crippen LogP contribution in [0.15, 0.2) is 53.1 Å². The quantitative estimate of drug-likeness (QED) is 0.454. The molecule has 2 aromatic heterocycles. The van der Waals surface area contributed by atoms with E-state index in [0.717, 1.165) is 5.69 Å². The van der Waals surface area contributed by atoms with Gasteiger partial charge in [-0.1, -0.05) is 46.1 Å². The number of tetrazole rings is 1. The van der Waals surface area contributed by atoms with Crippen molar-refractivity contribution in [1.82, 2.24) is 30.3 Å². The van der Waals surface area contributed by atoms with Crippen LogP contribution in [0.5, 0.6) is 0 Å². The maximum Gasteiger partial charge on any atom is 0.259 e. The van der Waals surface area contributed by atoms with Gasteiger partial charge in [0.2, 0.25) is 5.95 Å². The van der Waals surface area contributed by atoms with Gasteiger partial charge in [0.25, 0.3) is 5.91 Å². The number of carbonyl (C=O) groups excluding carboxylic acids is 1. The fraction of sp³-hybridized carbons (Fsp3) is 0.227. The number of carbonyl (C=O) groups is 1. The van der Waals surface area contributed by atoms with E-state index < -0.39 is 5.82 Å². The second-order valence-corrected chi connectivity index (χ2v) is 7.97. The number of amides is 1. The summed E-state index contributed by atoms with van der Waals surface area (Å²) in [5, 5.41) is 16.2. The van der Waals surface area contributed by atoms with Crippen molar-refractivity contribution in [2.45, 2.75) is 6.92 Å². The number of aromatic nitrogens is 5. The Morgan fingerprint density at radius 2 is 1.82 bits per heavy atom. The molecule has 0 radical (unpaired) electrons. The zero-order valence-corrected chi connectivity index (χ0v) is 18.4. The number of anilines is 1. The van der Waals surface area contributed by atoms with Crippen molar-refractivity contribution in [3.8, 4) is 16.9 Å². The molecule has 5 rings (SSSR count). The first-order valence-corrected chi connectivity index (χ1v) is 10.7. The first-order chi connectivity index (χ1) is 16.0. The van der Waals surface area contributed by atoms with Gasteiger partial charge in [-0.05, 0) is 41.6 Å². The van der Waals surface area contributed by atoms with E-state index in [4.69, 9.17) is 16.1 Å². The van der Waals surface area contributed by atoms with E-state index >= 15 is 0 Å². The van der Waals surface area contributed by atoms with E-state index in [1.54, 1.807) is 22.6 Å². The first kappa shape index (κ1) is 21.1. The normalized spacial score (nSPS) is 14.0. The predicted octanol–water partition coefficient (Wildman–Crippen LogP) is 3.38. The van der Waals surface area contributed by atoms with Gasteiger partial charge in [0.1, 0.15) is 22.8 Å². The Bertz CT molecular complexity index is 1280. The smallest absolute Gasteiger partial charge is 0.259 e. The van der Waals surface area contributed by atoms with E-state index in [2.05, 4.69) is 20.7 Å². The third-order valence-corrected chi connectivity index (χ3v) is 5.89. The summed E-state index contributed by atoms with van der Waals surface area (Å²) in [4.78, 5) is 17.1. The highest BCUT2D eigenvalue weighted by Crippen LogP contribution is 2.34. The number of piperazine rings is 1. The van der Waals surface area contributed by atoms with Gasteiger partial charge in [-0.2, -0.15) is 4.68 Å². The van der Waals surface area contributed by atoms with Crippen molar-refractivity contribution in [3.05, 3.63) is 70.7 Å². The van der Waals surface area contributed by atoms with Crippen molar-refractivity contribution < 1.29 is 13.7 Å². The fourth-order valence-corrected chi connectivity index (χ4v) is 4.15. The third-order valence-electron chi connectivity index (χ3n) is 5.58. The van der Waals surface area contributed by atoms with Crippen LogP contribution in [0.2, 0.25) is 5.02 Å². The van der Waals surface area contributed by atoms with Gasteiger partial charge in [-0.15, -0.1) is 0 Å². The molecule has 1 saturated heterocycles. The highest BCUT2D eigenvalue weighted by Gasteiger charge is 2.31. The summed E-state index contributed by atoms with van der Waals surface area (Å²) in [5.41, 5.74) is 1.23. The van der Waals surface area contributed by atoms with Crippen LogP contribution in [0.1, 0.15) is 16.1 Å². The van der Waals surface area contributed by atoms with Gasteiger partial charge in [0, 0.05) is 26.2 Å². The molecular weight excluding hydrogens is 449 g/mol. The van der Waals surface area contributed by atoms with E-state index in [1.165, 1.54) is 12.1 Å². The lowest BCUT2D eigenvalue weighted by atomic mass is 10.0. The van der Waals surface area contributed by atoms with Crippen LogP contribution in [-0.2, 0) is 0 Å². The molecule has 11 heteroatoms. The molecule has 0 bridgehead atoms. The van der Waals surface area contributed by atoms with Crippen LogP contribution in [0, 0.1) is 12.7 Å². The average molecular weight is 468 g/mol. The molecule has 4 aromatic rings. The standard InChI is InChI=1S/C22H19ClFN7O2/c1-14-18(20(26-33-14)19-16(23)8-5-9-17(19)24)21(32)29-10-12-30(13-11-29)22-25-27-28-31(22)15-6-3-2-4-7-15/h2-9H,10-13H2,1H3. The van der Waals surface area contributed by atoms with Crippen LogP contribution in [0.3, 0.4) is 0 Å². The molecule has 1 amide bonds. The molecule has 168 valence electrons. The molecule has 1 aliphatic rings. The SMILES string of the molecule is Cc1onc(-c2c(F)cccc2Cl)c1C(=O)N1CCN(c2nnnn2-c2ccccc2)CC1. The molecule has 0 spiro atoms. The molecule has 0 atom stereocenters. The molecule has 0 N–H and O–H groups in total. The van der Waals surface area contributed by atoms with E-state index in [9.17, 15) is 9.18 Å². The van der Waals surface area contributed by atoms with E-state index in [-0.39, 0.29) is 27.8 Å². The summed E-state index contributed by atoms with van der Waals surface area (Å²) < 4.78 is 21.4. The Morgan fingerprint density at radius 1 is 1.06 bits per heavy atom. The topological polar surface area (TPSA) is 93.2 Å². The molecule has 0 aliphatic carbocycles. The number of nitrogens with zero attached hydrogens (tertiary/aromatic N) is 7. The molecule has 9 nitrogen and oxygen atoms in total. The molecule has 1 aliphatic heterocycles. The van der Waals surface area contributed by atoms with E-state index in [1.807, 2.05) is 35.2 Å². The van der Waals surface area contributed by atoms with Crippen molar-refractivity contribution in [2.75, 3.05) is 31.1 Å². The molecule has 33 heavy (non-hydrogen) atoms. The molecular formula is C22H19ClFN7O2. The van der Waals surface area contributed by atoms with E-state index in [0.29, 0.717) is 37.9 Å². The summed E-state index contributed by atoms with van der Waals surface area (Å²) in [6, 6.07) is 13.9. The average Bonchev–Trinajstić information content (AvgIpc) is 3.47. The minimum Gasteiger partial charge on any atom is -0.360 e. The van der Waals surface area contributed by atoms with Crippen molar-refractivity contribution in [1.29, 1.82) is 0 Å². The molecule has 0 saturated carbocycles. The monoisotopic (exact) mass is 467 g/mol. The van der Waals surface area contributed by atoms with Crippen LogP contribution in [0.4, 0.5) is 10.3 Å². The highest BCUT2D eigenvalue weighted by molar-refractivity contribution is 6.33. The molecule has 3 heterocycles. The van der Waals surface area contributed by atoms with Gasteiger partial charge < -0.3 is 14.3 Å². The molecule has 0 unspecified atom stereocenters. The Labute approximate surface area is 193 Å². The highest BCUT2D eigenvalue weighted by atomic mass is 35.5. The van der Waals surface area contributed by atoms with Crippen LogP contribution < -0.4 is 4.90 Å². The molecule has 1 fully saturated rings. The van der Waals surface area contributed by atoms with Gasteiger partial charge in [0.05, 0.1) is 16.3 Å². The minimum atomic E-state index is -0.567. The van der Waals surface area contributed by atoms with Crippen molar-refractivity contribution in [2.24, 2.45) is 0 Å². The summed E-state index contributed by atoms with van der Waals surface area (Å²) in [6.45, 7) is 3.53. The summed E-state index contributed by atoms with van der Waals surface area (Å²) in [6.07, 6.45) is 0. The summed E-state index contributed by atoms with van der Waals surface area (Å²) in [5.74, 6) is 0.0610. The second kappa shape index (κ2) is 8.62. The maximum atomic E-state index is 14.5. The third kappa shape index (κ3) is 3.82. The fourth-order valence-electron chi connectivity index (χ4n) is 3.90. The lowest BCUT2D eigenvalue weighted by Crippen LogP contribution is -2.49. The molecule has 2 aromatic carbocycles. The predicted molar refractivity (Wildman–Crippen MR) is 119 cm³/mol. The zero-order valence-electron chi connectivity index (χ0n) is 17.7. The Kier molecular flexibility index (Phi) is 5.51. The lowest BCUT2D eigenvalue weighted by Gasteiger charge is -2.34. The zero-order chi connectivity index (χ0) is 22.9. The van der Waals surface area contributed by atoms with Crippen LogP contribution in [-0.4, -0.2) is 62.4 Å². The van der Waals surface area contributed by atoms with Gasteiger partial charge in [0.15, 0.2) is 0 Å². The number of aryl methyl sites for hydroxylation is 1. The Morgan fingerprint density at radius 3 is 2.55 bits per heavy atom.